The summed E-state index contributed by atoms with van der Waals surface area (Å²) in [6.07, 6.45) is 1.12. The van der Waals surface area contributed by atoms with E-state index in [0.717, 1.165) is 25.5 Å². The van der Waals surface area contributed by atoms with Crippen LogP contribution >= 0.6 is 0 Å². The fraction of sp³-hybridized carbons (Fsp3) is 0.235. The van der Waals surface area contributed by atoms with Crippen LogP contribution in [0.4, 0.5) is 5.69 Å². The minimum absolute atomic E-state index is 0.271. The number of nitrogens with one attached hydrogen (secondary N) is 1. The number of hydrogen-bond acceptors (Lipinski definition) is 3. The summed E-state index contributed by atoms with van der Waals surface area (Å²) >= 11 is 0. The standard InChI is InChI=1S/C17H17N3/c1-2-7-13(8-3-1)16-14-9-4-5-10-15(14)19-17-18-11-6-12-20(16)17/h1-5,7-10,16H,6,11-12H2,(H,18,19). The van der Waals surface area contributed by atoms with Gasteiger partial charge in [0.15, 0.2) is 5.96 Å². The van der Waals surface area contributed by atoms with E-state index >= 15 is 0 Å². The molecule has 2 aliphatic heterocycles. The number of benzene rings is 2. The molecule has 3 nitrogen and oxygen atoms in total. The molecule has 2 aromatic rings. The first-order valence-electron chi connectivity index (χ1n) is 7.15. The van der Waals surface area contributed by atoms with Gasteiger partial charge in [-0.3, -0.25) is 4.99 Å². The van der Waals surface area contributed by atoms with Crippen LogP contribution in [0.5, 0.6) is 0 Å². The van der Waals surface area contributed by atoms with Crippen molar-refractivity contribution in [1.82, 2.24) is 4.90 Å². The van der Waals surface area contributed by atoms with Gasteiger partial charge in [0.2, 0.25) is 0 Å². The van der Waals surface area contributed by atoms with E-state index in [1.54, 1.807) is 0 Å². The molecule has 2 heterocycles. The van der Waals surface area contributed by atoms with Crippen molar-refractivity contribution in [2.24, 2.45) is 4.99 Å². The highest BCUT2D eigenvalue weighted by atomic mass is 15.3. The zero-order chi connectivity index (χ0) is 13.4. The lowest BCUT2D eigenvalue weighted by molar-refractivity contribution is 0.332. The molecular formula is C17H17N3. The Morgan fingerprint density at radius 2 is 1.80 bits per heavy atom. The number of hydrogen-bond donors (Lipinski definition) is 1. The van der Waals surface area contributed by atoms with Gasteiger partial charge in [0.05, 0.1) is 6.04 Å². The zero-order valence-electron chi connectivity index (χ0n) is 11.3. The summed E-state index contributed by atoms with van der Waals surface area (Å²) in [5.41, 5.74) is 3.84. The predicted octanol–water partition coefficient (Wildman–Crippen LogP) is 3.26. The molecule has 0 aromatic heterocycles. The van der Waals surface area contributed by atoms with Crippen molar-refractivity contribution in [3.8, 4) is 0 Å². The summed E-state index contributed by atoms with van der Waals surface area (Å²) in [6, 6.07) is 19.5. The molecule has 3 heteroatoms. The molecule has 4 rings (SSSR count). The van der Waals surface area contributed by atoms with E-state index in [1.807, 2.05) is 0 Å². The average Bonchev–Trinajstić information content (AvgIpc) is 2.53. The fourth-order valence-electron chi connectivity index (χ4n) is 3.12. The quantitative estimate of drug-likeness (QED) is 0.855. The van der Waals surface area contributed by atoms with Crippen LogP contribution in [0.15, 0.2) is 59.6 Å². The smallest absolute Gasteiger partial charge is 0.199 e. The second kappa shape index (κ2) is 4.67. The van der Waals surface area contributed by atoms with Crippen molar-refractivity contribution in [1.29, 1.82) is 0 Å². The molecule has 0 saturated carbocycles. The Balaban J connectivity index is 1.89. The maximum atomic E-state index is 4.66. The van der Waals surface area contributed by atoms with E-state index in [9.17, 15) is 0 Å². The molecular weight excluding hydrogens is 246 g/mol. The van der Waals surface area contributed by atoms with E-state index in [0.29, 0.717) is 0 Å². The maximum absolute atomic E-state index is 4.66. The highest BCUT2D eigenvalue weighted by Crippen LogP contribution is 2.38. The summed E-state index contributed by atoms with van der Waals surface area (Å²) in [7, 11) is 0. The molecule has 100 valence electrons. The van der Waals surface area contributed by atoms with E-state index in [2.05, 4.69) is 69.8 Å². The van der Waals surface area contributed by atoms with Gasteiger partial charge in [-0.05, 0) is 18.1 Å². The van der Waals surface area contributed by atoms with Crippen LogP contribution in [0.2, 0.25) is 0 Å². The SMILES string of the molecule is c1ccc(C2c3ccccc3NC3=NCCCN32)cc1. The van der Waals surface area contributed by atoms with Gasteiger partial charge in [-0.25, -0.2) is 0 Å². The maximum Gasteiger partial charge on any atom is 0.199 e. The highest BCUT2D eigenvalue weighted by molar-refractivity contribution is 5.97. The van der Waals surface area contributed by atoms with Gasteiger partial charge in [0.25, 0.3) is 0 Å². The molecule has 0 bridgehead atoms. The summed E-state index contributed by atoms with van der Waals surface area (Å²) in [5.74, 6) is 1.02. The molecule has 1 unspecified atom stereocenters. The van der Waals surface area contributed by atoms with E-state index in [1.165, 1.54) is 16.8 Å². The van der Waals surface area contributed by atoms with Gasteiger partial charge < -0.3 is 10.2 Å². The van der Waals surface area contributed by atoms with Crippen molar-refractivity contribution in [3.05, 3.63) is 65.7 Å². The molecule has 0 radical (unpaired) electrons. The van der Waals surface area contributed by atoms with Crippen LogP contribution in [0.25, 0.3) is 0 Å². The van der Waals surface area contributed by atoms with Crippen LogP contribution in [-0.2, 0) is 0 Å². The second-order valence-electron chi connectivity index (χ2n) is 5.28. The molecule has 0 amide bonds. The molecule has 0 saturated heterocycles. The molecule has 2 aliphatic rings. The summed E-state index contributed by atoms with van der Waals surface area (Å²) in [4.78, 5) is 7.05. The number of aliphatic imine (C=N–C) groups is 1. The highest BCUT2D eigenvalue weighted by Gasteiger charge is 2.32. The van der Waals surface area contributed by atoms with Gasteiger partial charge in [-0.15, -0.1) is 0 Å². The normalized spacial score (nSPS) is 20.5. The Morgan fingerprint density at radius 3 is 2.70 bits per heavy atom. The van der Waals surface area contributed by atoms with Crippen molar-refractivity contribution in [3.63, 3.8) is 0 Å². The Hall–Kier alpha value is -2.29. The second-order valence-corrected chi connectivity index (χ2v) is 5.28. The Morgan fingerprint density at radius 1 is 1.00 bits per heavy atom. The van der Waals surface area contributed by atoms with E-state index in [-0.39, 0.29) is 6.04 Å². The zero-order valence-corrected chi connectivity index (χ0v) is 11.3. The first kappa shape index (κ1) is 11.5. The summed E-state index contributed by atoms with van der Waals surface area (Å²) < 4.78 is 0. The van der Waals surface area contributed by atoms with Gasteiger partial charge in [-0.1, -0.05) is 48.5 Å². The van der Waals surface area contributed by atoms with Crippen molar-refractivity contribution in [2.75, 3.05) is 18.4 Å². The summed E-state index contributed by atoms with van der Waals surface area (Å²) in [6.45, 7) is 1.97. The van der Waals surface area contributed by atoms with Gasteiger partial charge in [-0.2, -0.15) is 0 Å². The Bertz CT molecular complexity index is 648. The fourth-order valence-corrected chi connectivity index (χ4v) is 3.12. The van der Waals surface area contributed by atoms with Gasteiger partial charge in [0, 0.05) is 24.3 Å². The molecule has 2 aromatic carbocycles. The van der Waals surface area contributed by atoms with E-state index < -0.39 is 0 Å². The third kappa shape index (κ3) is 1.78. The predicted molar refractivity (Wildman–Crippen MR) is 82.0 cm³/mol. The van der Waals surface area contributed by atoms with Crippen LogP contribution in [-0.4, -0.2) is 23.9 Å². The van der Waals surface area contributed by atoms with Crippen molar-refractivity contribution < 1.29 is 0 Å². The van der Waals surface area contributed by atoms with Gasteiger partial charge in [0.1, 0.15) is 0 Å². The molecule has 0 spiro atoms. The number of anilines is 1. The number of para-hydroxylation sites is 1. The molecule has 1 atom stereocenters. The lowest BCUT2D eigenvalue weighted by atomic mass is 9.93. The largest absolute Gasteiger partial charge is 0.331 e. The van der Waals surface area contributed by atoms with Crippen LogP contribution in [0, 0.1) is 0 Å². The van der Waals surface area contributed by atoms with E-state index in [4.69, 9.17) is 0 Å². The average molecular weight is 263 g/mol. The van der Waals surface area contributed by atoms with Crippen LogP contribution < -0.4 is 5.32 Å². The Kier molecular flexibility index (Phi) is 2.69. The molecule has 1 N–H and O–H groups in total. The number of fused-ring (bicyclic) bond motifs is 2. The third-order valence-corrected chi connectivity index (χ3v) is 4.02. The molecule has 0 fully saturated rings. The summed E-state index contributed by atoms with van der Waals surface area (Å²) in [5, 5.41) is 3.47. The molecule has 0 aliphatic carbocycles. The lowest BCUT2D eigenvalue weighted by Crippen LogP contribution is -2.46. The number of rotatable bonds is 1. The van der Waals surface area contributed by atoms with Crippen molar-refractivity contribution >= 4 is 11.6 Å². The van der Waals surface area contributed by atoms with Gasteiger partial charge >= 0.3 is 0 Å². The first-order valence-corrected chi connectivity index (χ1v) is 7.15. The number of nitrogens with zero attached hydrogens (tertiary/aromatic N) is 2. The topological polar surface area (TPSA) is 27.6 Å². The third-order valence-electron chi connectivity index (χ3n) is 4.02. The Labute approximate surface area is 119 Å². The molecule has 20 heavy (non-hydrogen) atoms. The lowest BCUT2D eigenvalue weighted by Gasteiger charge is -2.42. The number of guanidine groups is 1. The monoisotopic (exact) mass is 263 g/mol. The first-order chi connectivity index (χ1) is 9.93. The van der Waals surface area contributed by atoms with Crippen LogP contribution in [0.3, 0.4) is 0 Å². The van der Waals surface area contributed by atoms with Crippen LogP contribution in [0.1, 0.15) is 23.6 Å². The van der Waals surface area contributed by atoms with Crippen molar-refractivity contribution in [2.45, 2.75) is 12.5 Å². The minimum atomic E-state index is 0.271. The minimum Gasteiger partial charge on any atom is -0.331 e.